The molecule has 9 heteroatoms. The normalized spacial score (nSPS) is 20.4. The van der Waals surface area contributed by atoms with Crippen LogP contribution in [0.3, 0.4) is 0 Å². The second-order valence-corrected chi connectivity index (χ2v) is 6.35. The summed E-state index contributed by atoms with van der Waals surface area (Å²) < 4.78 is 1.70. The van der Waals surface area contributed by atoms with Crippen LogP contribution in [-0.2, 0) is 11.3 Å². The molecule has 3 rings (SSSR count). The van der Waals surface area contributed by atoms with Crippen molar-refractivity contribution in [2.24, 2.45) is 0 Å². The smallest absolute Gasteiger partial charge is 0.220 e. The lowest BCUT2D eigenvalue weighted by Gasteiger charge is -2.39. The van der Waals surface area contributed by atoms with Crippen LogP contribution in [0.4, 0.5) is 5.82 Å². The Bertz CT molecular complexity index is 664. The number of β-amino-alcohol motifs (C(OH)–C–C–N with tert-alkyl or cyclic N) is 1. The summed E-state index contributed by atoms with van der Waals surface area (Å²) in [5, 5.41) is 17.6. The van der Waals surface area contributed by atoms with Gasteiger partial charge in [-0.25, -0.2) is 9.97 Å². The number of nitrogens with one attached hydrogen (secondary N) is 1. The Balaban J connectivity index is 1.44. The molecule has 25 heavy (non-hydrogen) atoms. The van der Waals surface area contributed by atoms with Crippen molar-refractivity contribution in [2.45, 2.75) is 37.8 Å². The molecule has 134 valence electrons. The average Bonchev–Trinajstić information content (AvgIpc) is 3.14. The minimum absolute atomic E-state index is 0.0647. The van der Waals surface area contributed by atoms with Crippen molar-refractivity contribution in [3.05, 3.63) is 31.2 Å². The first-order chi connectivity index (χ1) is 12.1. The molecule has 0 radical (unpaired) electrons. The Hall–Kier alpha value is -2.55. The molecule has 0 aromatic carbocycles. The van der Waals surface area contributed by atoms with Gasteiger partial charge in [0.05, 0.1) is 11.8 Å². The molecular formula is C16H23N7O2. The molecule has 1 atom stereocenters. The van der Waals surface area contributed by atoms with Crippen molar-refractivity contribution >= 4 is 11.7 Å². The third kappa shape index (κ3) is 4.96. The van der Waals surface area contributed by atoms with Gasteiger partial charge >= 0.3 is 0 Å². The Morgan fingerprint density at radius 2 is 2.28 bits per heavy atom. The van der Waals surface area contributed by atoms with E-state index in [0.29, 0.717) is 32.4 Å². The Kier molecular flexibility index (Phi) is 5.54. The fourth-order valence-corrected chi connectivity index (χ4v) is 3.01. The molecule has 0 aliphatic carbocycles. The highest BCUT2D eigenvalue weighted by molar-refractivity contribution is 5.75. The fraction of sp³-hybridized carbons (Fsp3) is 0.562. The zero-order chi connectivity index (χ0) is 17.5. The molecule has 1 aliphatic heterocycles. The number of aliphatic hydroxyl groups is 1. The fourth-order valence-electron chi connectivity index (χ4n) is 3.01. The zero-order valence-corrected chi connectivity index (χ0v) is 14.1. The number of hydrogen-bond donors (Lipinski definition) is 2. The number of amides is 1. The molecule has 1 unspecified atom stereocenters. The maximum atomic E-state index is 12.0. The van der Waals surface area contributed by atoms with E-state index in [4.69, 9.17) is 0 Å². The first-order valence-corrected chi connectivity index (χ1v) is 8.47. The molecule has 0 bridgehead atoms. The summed E-state index contributed by atoms with van der Waals surface area (Å²) in [7, 11) is 0. The molecule has 0 saturated carbocycles. The second-order valence-electron chi connectivity index (χ2n) is 6.35. The predicted molar refractivity (Wildman–Crippen MR) is 90.7 cm³/mol. The number of carbonyl (C=O) groups excluding carboxylic acids is 1. The predicted octanol–water partition coefficient (Wildman–Crippen LogP) is -0.00400. The van der Waals surface area contributed by atoms with Gasteiger partial charge in [0.15, 0.2) is 0 Å². The van der Waals surface area contributed by atoms with E-state index in [0.717, 1.165) is 18.8 Å². The van der Waals surface area contributed by atoms with E-state index in [1.54, 1.807) is 29.6 Å². The Labute approximate surface area is 146 Å². The van der Waals surface area contributed by atoms with Crippen molar-refractivity contribution < 1.29 is 9.90 Å². The third-order valence-electron chi connectivity index (χ3n) is 4.30. The zero-order valence-electron chi connectivity index (χ0n) is 14.1. The van der Waals surface area contributed by atoms with E-state index in [9.17, 15) is 9.90 Å². The van der Waals surface area contributed by atoms with Crippen LogP contribution in [0.2, 0.25) is 0 Å². The van der Waals surface area contributed by atoms with Crippen LogP contribution in [0, 0.1) is 0 Å². The van der Waals surface area contributed by atoms with E-state index < -0.39 is 5.60 Å². The van der Waals surface area contributed by atoms with Crippen LogP contribution in [0.1, 0.15) is 25.7 Å². The maximum absolute atomic E-state index is 12.0. The van der Waals surface area contributed by atoms with Gasteiger partial charge in [0, 0.05) is 45.0 Å². The number of aryl methyl sites for hydroxylation is 1. The molecule has 1 fully saturated rings. The van der Waals surface area contributed by atoms with Crippen LogP contribution in [0.15, 0.2) is 31.2 Å². The van der Waals surface area contributed by atoms with Gasteiger partial charge in [0.1, 0.15) is 18.5 Å². The quantitative estimate of drug-likeness (QED) is 0.727. The van der Waals surface area contributed by atoms with Gasteiger partial charge in [-0.3, -0.25) is 14.5 Å². The molecule has 2 aromatic heterocycles. The number of rotatable bonds is 7. The van der Waals surface area contributed by atoms with Crippen LogP contribution >= 0.6 is 0 Å². The summed E-state index contributed by atoms with van der Waals surface area (Å²) in [6, 6.07) is 0. The molecule has 1 aliphatic rings. The van der Waals surface area contributed by atoms with E-state index in [1.165, 1.54) is 6.33 Å². The molecule has 1 saturated heterocycles. The number of hydrogen-bond acceptors (Lipinski definition) is 7. The first-order valence-electron chi connectivity index (χ1n) is 8.47. The summed E-state index contributed by atoms with van der Waals surface area (Å²) >= 11 is 0. The van der Waals surface area contributed by atoms with E-state index in [2.05, 4.69) is 25.4 Å². The first kappa shape index (κ1) is 17.3. The maximum Gasteiger partial charge on any atom is 0.220 e. The van der Waals surface area contributed by atoms with Crippen molar-refractivity contribution in [2.75, 3.05) is 24.5 Å². The highest BCUT2D eigenvalue weighted by Crippen LogP contribution is 2.23. The van der Waals surface area contributed by atoms with Gasteiger partial charge in [0.2, 0.25) is 5.91 Å². The average molecular weight is 345 g/mol. The molecule has 0 spiro atoms. The van der Waals surface area contributed by atoms with Crippen molar-refractivity contribution in [3.63, 3.8) is 0 Å². The minimum Gasteiger partial charge on any atom is -0.386 e. The SMILES string of the molecule is O=C(CCCn1cncn1)NCC1(O)CCCN(c2cnccn2)C1. The van der Waals surface area contributed by atoms with Gasteiger partial charge < -0.3 is 15.3 Å². The number of aromatic nitrogens is 5. The summed E-state index contributed by atoms with van der Waals surface area (Å²) in [6.07, 6.45) is 10.6. The van der Waals surface area contributed by atoms with Crippen LogP contribution in [0.5, 0.6) is 0 Å². The van der Waals surface area contributed by atoms with Gasteiger partial charge in [-0.15, -0.1) is 0 Å². The van der Waals surface area contributed by atoms with Gasteiger partial charge in [0.25, 0.3) is 0 Å². The van der Waals surface area contributed by atoms with Gasteiger partial charge in [-0.1, -0.05) is 0 Å². The second kappa shape index (κ2) is 8.02. The summed E-state index contributed by atoms with van der Waals surface area (Å²) in [5.74, 6) is 0.685. The summed E-state index contributed by atoms with van der Waals surface area (Å²) in [4.78, 5) is 26.2. The van der Waals surface area contributed by atoms with E-state index >= 15 is 0 Å². The van der Waals surface area contributed by atoms with Crippen LogP contribution < -0.4 is 10.2 Å². The van der Waals surface area contributed by atoms with E-state index in [-0.39, 0.29) is 12.5 Å². The highest BCUT2D eigenvalue weighted by Gasteiger charge is 2.34. The summed E-state index contributed by atoms with van der Waals surface area (Å²) in [5.41, 5.74) is -0.947. The highest BCUT2D eigenvalue weighted by atomic mass is 16.3. The van der Waals surface area contributed by atoms with Crippen LogP contribution in [0.25, 0.3) is 0 Å². The number of nitrogens with zero attached hydrogens (tertiary/aromatic N) is 6. The number of piperidine rings is 1. The number of anilines is 1. The topological polar surface area (TPSA) is 109 Å². The minimum atomic E-state index is -0.947. The van der Waals surface area contributed by atoms with Crippen LogP contribution in [-0.4, -0.2) is 61.0 Å². The van der Waals surface area contributed by atoms with Crippen molar-refractivity contribution in [1.82, 2.24) is 30.0 Å². The lowest BCUT2D eigenvalue weighted by atomic mass is 9.92. The third-order valence-corrected chi connectivity index (χ3v) is 4.30. The molecule has 2 N–H and O–H groups in total. The number of carbonyl (C=O) groups is 1. The van der Waals surface area contributed by atoms with Gasteiger partial charge in [-0.2, -0.15) is 5.10 Å². The van der Waals surface area contributed by atoms with E-state index in [1.807, 2.05) is 4.90 Å². The van der Waals surface area contributed by atoms with Crippen molar-refractivity contribution in [1.29, 1.82) is 0 Å². The lowest BCUT2D eigenvalue weighted by molar-refractivity contribution is -0.122. The van der Waals surface area contributed by atoms with Gasteiger partial charge in [-0.05, 0) is 19.3 Å². The standard InChI is InChI=1S/C16H23N7O2/c24-15(3-1-8-23-13-18-12-21-23)20-10-16(25)4-2-7-22(11-16)14-9-17-5-6-19-14/h5-6,9,12-13,25H,1-4,7-8,10-11H2,(H,20,24). The largest absolute Gasteiger partial charge is 0.386 e. The Morgan fingerprint density at radius 3 is 3.04 bits per heavy atom. The molecule has 9 nitrogen and oxygen atoms in total. The monoisotopic (exact) mass is 345 g/mol. The lowest BCUT2D eigenvalue weighted by Crippen LogP contribution is -2.54. The molecule has 3 heterocycles. The van der Waals surface area contributed by atoms with Crippen molar-refractivity contribution in [3.8, 4) is 0 Å². The molecule has 2 aromatic rings. The molecular weight excluding hydrogens is 322 g/mol. The Morgan fingerprint density at radius 1 is 1.36 bits per heavy atom. The molecule has 1 amide bonds. The summed E-state index contributed by atoms with van der Waals surface area (Å²) in [6.45, 7) is 2.15.